The van der Waals surface area contributed by atoms with Gasteiger partial charge in [-0.1, -0.05) is 13.0 Å². The number of nitrogens with zero attached hydrogens (tertiary/aromatic N) is 2. The van der Waals surface area contributed by atoms with Crippen molar-refractivity contribution < 1.29 is 13.2 Å². The molecular weight excluding hydrogens is 362 g/mol. The molecule has 1 heterocycles. The number of amides is 1. The van der Waals surface area contributed by atoms with Crippen molar-refractivity contribution in [3.05, 3.63) is 59.7 Å². The molecular formula is C20H21N3O3S. The highest BCUT2D eigenvalue weighted by Crippen LogP contribution is 2.21. The van der Waals surface area contributed by atoms with E-state index in [1.165, 1.54) is 36.4 Å². The van der Waals surface area contributed by atoms with Gasteiger partial charge in [-0.05, 0) is 61.2 Å². The van der Waals surface area contributed by atoms with Gasteiger partial charge in [-0.15, -0.1) is 0 Å². The quantitative estimate of drug-likeness (QED) is 0.878. The lowest BCUT2D eigenvalue weighted by atomic mass is 9.98. The summed E-state index contributed by atoms with van der Waals surface area (Å²) in [6.07, 6.45) is 1.92. The fraction of sp³-hybridized carbons (Fsp3) is 0.300. The largest absolute Gasteiger partial charge is 0.339 e. The number of anilines is 1. The van der Waals surface area contributed by atoms with Crippen molar-refractivity contribution in [2.24, 2.45) is 5.92 Å². The second kappa shape index (κ2) is 7.80. The number of rotatable bonds is 4. The second-order valence-corrected chi connectivity index (χ2v) is 8.48. The maximum atomic E-state index is 12.7. The number of nitrogens with one attached hydrogen (secondary N) is 1. The van der Waals surface area contributed by atoms with Crippen LogP contribution in [0.2, 0.25) is 0 Å². The van der Waals surface area contributed by atoms with Gasteiger partial charge in [-0.25, -0.2) is 8.42 Å². The molecule has 7 heteroatoms. The Labute approximate surface area is 159 Å². The second-order valence-electron chi connectivity index (χ2n) is 6.80. The summed E-state index contributed by atoms with van der Waals surface area (Å²) in [6.45, 7) is 3.56. The number of benzene rings is 2. The molecule has 0 saturated carbocycles. The number of sulfonamides is 1. The molecule has 2 aromatic rings. The fourth-order valence-corrected chi connectivity index (χ4v) is 4.12. The van der Waals surface area contributed by atoms with Gasteiger partial charge in [-0.2, -0.15) is 5.26 Å². The van der Waals surface area contributed by atoms with Crippen LogP contribution in [0.3, 0.4) is 0 Å². The van der Waals surface area contributed by atoms with Crippen LogP contribution in [-0.4, -0.2) is 32.3 Å². The molecule has 1 fully saturated rings. The van der Waals surface area contributed by atoms with E-state index in [0.717, 1.165) is 12.8 Å². The Morgan fingerprint density at radius 2 is 1.81 bits per heavy atom. The van der Waals surface area contributed by atoms with Crippen LogP contribution < -0.4 is 4.72 Å². The first-order chi connectivity index (χ1) is 12.9. The van der Waals surface area contributed by atoms with E-state index in [4.69, 9.17) is 5.26 Å². The minimum atomic E-state index is -3.83. The van der Waals surface area contributed by atoms with E-state index in [9.17, 15) is 13.2 Å². The molecule has 0 radical (unpaired) electrons. The standard InChI is InChI=1S/C20H21N3O3S/c1-15-9-11-23(12-10-15)20(24)17-3-2-4-19(13-17)27(25,26)22-18-7-5-16(14-21)6-8-18/h2-8,13,15,22H,9-12H2,1H3. The molecule has 0 aliphatic carbocycles. The maximum absolute atomic E-state index is 12.7. The number of nitriles is 1. The van der Waals surface area contributed by atoms with Gasteiger partial charge in [0.1, 0.15) is 0 Å². The average molecular weight is 383 g/mol. The predicted octanol–water partition coefficient (Wildman–Crippen LogP) is 3.23. The highest BCUT2D eigenvalue weighted by molar-refractivity contribution is 7.92. The molecule has 0 spiro atoms. The third-order valence-electron chi connectivity index (χ3n) is 4.73. The lowest BCUT2D eigenvalue weighted by Gasteiger charge is -2.30. The Bertz CT molecular complexity index is 970. The minimum absolute atomic E-state index is 0.0306. The fourth-order valence-electron chi connectivity index (χ4n) is 3.02. The summed E-state index contributed by atoms with van der Waals surface area (Å²) in [5, 5.41) is 8.82. The van der Waals surface area contributed by atoms with E-state index in [2.05, 4.69) is 11.6 Å². The first kappa shape index (κ1) is 18.9. The van der Waals surface area contributed by atoms with E-state index in [0.29, 0.717) is 35.8 Å². The molecule has 2 aromatic carbocycles. The van der Waals surface area contributed by atoms with Gasteiger partial charge in [0, 0.05) is 24.3 Å². The van der Waals surface area contributed by atoms with Crippen molar-refractivity contribution >= 4 is 21.6 Å². The molecule has 1 N–H and O–H groups in total. The lowest BCUT2D eigenvalue weighted by molar-refractivity contribution is 0.0697. The SMILES string of the molecule is CC1CCN(C(=O)c2cccc(S(=O)(=O)Nc3ccc(C#N)cc3)c2)CC1. The average Bonchev–Trinajstić information content (AvgIpc) is 2.68. The molecule has 140 valence electrons. The summed E-state index contributed by atoms with van der Waals surface area (Å²) < 4.78 is 27.8. The smallest absolute Gasteiger partial charge is 0.261 e. The summed E-state index contributed by atoms with van der Waals surface area (Å²) in [5.41, 5.74) is 1.17. The number of carbonyl (C=O) groups is 1. The number of hydrogen-bond donors (Lipinski definition) is 1. The number of hydrogen-bond acceptors (Lipinski definition) is 4. The lowest BCUT2D eigenvalue weighted by Crippen LogP contribution is -2.37. The summed E-state index contributed by atoms with van der Waals surface area (Å²) in [5.74, 6) is 0.467. The van der Waals surface area contributed by atoms with Crippen LogP contribution in [-0.2, 0) is 10.0 Å². The topological polar surface area (TPSA) is 90.3 Å². The van der Waals surface area contributed by atoms with Crippen LogP contribution in [0.5, 0.6) is 0 Å². The van der Waals surface area contributed by atoms with Gasteiger partial charge in [0.25, 0.3) is 15.9 Å². The van der Waals surface area contributed by atoms with Crippen molar-refractivity contribution in [2.75, 3.05) is 17.8 Å². The van der Waals surface area contributed by atoms with Crippen molar-refractivity contribution in [1.29, 1.82) is 5.26 Å². The van der Waals surface area contributed by atoms with Crippen molar-refractivity contribution in [1.82, 2.24) is 4.90 Å². The summed E-state index contributed by atoms with van der Waals surface area (Å²) in [4.78, 5) is 14.5. The van der Waals surface area contributed by atoms with Gasteiger partial charge in [0.05, 0.1) is 16.5 Å². The molecule has 3 rings (SSSR count). The van der Waals surface area contributed by atoms with Gasteiger partial charge >= 0.3 is 0 Å². The van der Waals surface area contributed by atoms with Crippen molar-refractivity contribution in [2.45, 2.75) is 24.7 Å². The molecule has 6 nitrogen and oxygen atoms in total. The molecule has 1 amide bonds. The Hall–Kier alpha value is -2.85. The van der Waals surface area contributed by atoms with E-state index in [-0.39, 0.29) is 10.8 Å². The van der Waals surface area contributed by atoms with Crippen LogP contribution >= 0.6 is 0 Å². The van der Waals surface area contributed by atoms with Crippen LogP contribution in [0.1, 0.15) is 35.7 Å². The van der Waals surface area contributed by atoms with E-state index in [1.54, 1.807) is 17.0 Å². The highest BCUT2D eigenvalue weighted by Gasteiger charge is 2.23. The molecule has 0 bridgehead atoms. The number of carbonyl (C=O) groups excluding carboxylic acids is 1. The minimum Gasteiger partial charge on any atom is -0.339 e. The van der Waals surface area contributed by atoms with Crippen molar-refractivity contribution in [3.63, 3.8) is 0 Å². The van der Waals surface area contributed by atoms with Crippen LogP contribution in [0.4, 0.5) is 5.69 Å². The Morgan fingerprint density at radius 1 is 1.15 bits per heavy atom. The summed E-state index contributed by atoms with van der Waals surface area (Å²) in [7, 11) is -3.83. The predicted molar refractivity (Wildman–Crippen MR) is 103 cm³/mol. The molecule has 0 aromatic heterocycles. The number of likely N-dealkylation sites (tertiary alicyclic amines) is 1. The van der Waals surface area contributed by atoms with Gasteiger partial charge < -0.3 is 4.90 Å². The van der Waals surface area contributed by atoms with E-state index < -0.39 is 10.0 Å². The van der Waals surface area contributed by atoms with Gasteiger partial charge in [0.15, 0.2) is 0 Å². The Morgan fingerprint density at radius 3 is 2.44 bits per heavy atom. The van der Waals surface area contributed by atoms with Gasteiger partial charge in [0.2, 0.25) is 0 Å². The zero-order valence-corrected chi connectivity index (χ0v) is 15.9. The van der Waals surface area contributed by atoms with E-state index in [1.807, 2.05) is 6.07 Å². The summed E-state index contributed by atoms with van der Waals surface area (Å²) in [6, 6.07) is 14.2. The molecule has 1 saturated heterocycles. The Kier molecular flexibility index (Phi) is 5.47. The molecule has 1 aliphatic rings. The first-order valence-electron chi connectivity index (χ1n) is 8.81. The van der Waals surface area contributed by atoms with Crippen molar-refractivity contribution in [3.8, 4) is 6.07 Å². The Balaban J connectivity index is 1.79. The first-order valence-corrected chi connectivity index (χ1v) is 10.3. The van der Waals surface area contributed by atoms with Crippen LogP contribution in [0.15, 0.2) is 53.4 Å². The monoisotopic (exact) mass is 383 g/mol. The maximum Gasteiger partial charge on any atom is 0.261 e. The summed E-state index contributed by atoms with van der Waals surface area (Å²) >= 11 is 0. The number of piperidine rings is 1. The molecule has 0 unspecified atom stereocenters. The molecule has 1 aliphatic heterocycles. The normalized spacial score (nSPS) is 15.2. The molecule has 0 atom stereocenters. The molecule has 27 heavy (non-hydrogen) atoms. The third kappa shape index (κ3) is 4.47. The third-order valence-corrected chi connectivity index (χ3v) is 6.11. The van der Waals surface area contributed by atoms with Gasteiger partial charge in [-0.3, -0.25) is 9.52 Å². The highest BCUT2D eigenvalue weighted by atomic mass is 32.2. The zero-order valence-electron chi connectivity index (χ0n) is 15.1. The van der Waals surface area contributed by atoms with Crippen LogP contribution in [0.25, 0.3) is 0 Å². The van der Waals surface area contributed by atoms with E-state index >= 15 is 0 Å². The zero-order chi connectivity index (χ0) is 19.4. The van der Waals surface area contributed by atoms with Crippen LogP contribution in [0, 0.1) is 17.2 Å².